The Hall–Kier alpha value is -2.93. The van der Waals surface area contributed by atoms with Crippen LogP contribution in [-0.4, -0.2) is 35.6 Å². The van der Waals surface area contributed by atoms with Crippen molar-refractivity contribution in [3.63, 3.8) is 0 Å². The van der Waals surface area contributed by atoms with Crippen LogP contribution in [0.4, 0.5) is 0 Å². The molecule has 2 N–H and O–H groups in total. The average Bonchev–Trinajstić information content (AvgIpc) is 3.36. The Balaban J connectivity index is 1.31. The van der Waals surface area contributed by atoms with Gasteiger partial charge < -0.3 is 14.9 Å². The minimum atomic E-state index is 0.356. The van der Waals surface area contributed by atoms with E-state index < -0.39 is 0 Å². The number of benzene rings is 1. The fourth-order valence-electron chi connectivity index (χ4n) is 3.63. The normalized spacial score (nSPS) is 17.0. The molecule has 7 heteroatoms. The number of nitrogens with one attached hydrogen (secondary N) is 2. The SMILES string of the molecule is c1ccc2c3c([nH]c2c1)CN[C@H](Cn1cc(Cn2ccnc2)nn1)C3. The maximum absolute atomic E-state index is 4.28. The van der Waals surface area contributed by atoms with Crippen LogP contribution in [0, 0.1) is 0 Å². The van der Waals surface area contributed by atoms with Gasteiger partial charge in [-0.15, -0.1) is 5.10 Å². The van der Waals surface area contributed by atoms with Gasteiger partial charge in [-0.3, -0.25) is 4.68 Å². The maximum atomic E-state index is 4.28. The molecule has 0 amide bonds. The molecule has 4 aromatic rings. The molecule has 1 aromatic carbocycles. The molecular weight excluding hydrogens is 314 g/mol. The third kappa shape index (κ3) is 2.72. The zero-order valence-electron chi connectivity index (χ0n) is 13.8. The zero-order chi connectivity index (χ0) is 16.6. The highest BCUT2D eigenvalue weighted by atomic mass is 15.4. The number of hydrogen-bond acceptors (Lipinski definition) is 4. The van der Waals surface area contributed by atoms with Crippen molar-refractivity contribution in [3.8, 4) is 0 Å². The first-order valence-electron chi connectivity index (χ1n) is 8.52. The van der Waals surface area contributed by atoms with E-state index in [1.807, 2.05) is 21.6 Å². The summed E-state index contributed by atoms with van der Waals surface area (Å²) in [7, 11) is 0. The van der Waals surface area contributed by atoms with Gasteiger partial charge in [0.1, 0.15) is 5.69 Å². The number of H-pyrrole nitrogens is 1. The van der Waals surface area contributed by atoms with Crippen LogP contribution < -0.4 is 5.32 Å². The van der Waals surface area contributed by atoms with Crippen molar-refractivity contribution < 1.29 is 0 Å². The Morgan fingerprint density at radius 1 is 1.24 bits per heavy atom. The van der Waals surface area contributed by atoms with Crippen LogP contribution in [0.5, 0.6) is 0 Å². The standard InChI is InChI=1S/C18H19N7/c1-2-4-17-15(3-1)16-7-13(20-8-18(16)21-17)10-25-11-14(22-23-25)9-24-6-5-19-12-24/h1-6,11-13,20-21H,7-10H2/t13-/m0/s1. The predicted octanol–water partition coefficient (Wildman–Crippen LogP) is 1.72. The molecule has 4 heterocycles. The summed E-state index contributed by atoms with van der Waals surface area (Å²) >= 11 is 0. The molecule has 0 radical (unpaired) electrons. The Labute approximate surface area is 144 Å². The lowest BCUT2D eigenvalue weighted by atomic mass is 9.98. The zero-order valence-corrected chi connectivity index (χ0v) is 13.8. The van der Waals surface area contributed by atoms with Crippen LogP contribution in [0.15, 0.2) is 49.2 Å². The molecule has 0 saturated carbocycles. The summed E-state index contributed by atoms with van der Waals surface area (Å²) < 4.78 is 3.93. The van der Waals surface area contributed by atoms with Crippen LogP contribution in [0.2, 0.25) is 0 Å². The third-order valence-corrected chi connectivity index (χ3v) is 4.82. The molecule has 0 unspecified atom stereocenters. The van der Waals surface area contributed by atoms with Crippen LogP contribution >= 0.6 is 0 Å². The molecule has 7 nitrogen and oxygen atoms in total. The molecule has 1 atom stereocenters. The number of para-hydroxylation sites is 1. The number of nitrogens with zero attached hydrogens (tertiary/aromatic N) is 5. The minimum Gasteiger partial charge on any atom is -0.357 e. The van der Waals surface area contributed by atoms with E-state index in [1.54, 1.807) is 12.5 Å². The second-order valence-electron chi connectivity index (χ2n) is 6.58. The highest BCUT2D eigenvalue weighted by Crippen LogP contribution is 2.26. The first-order chi connectivity index (χ1) is 12.3. The molecule has 1 aliphatic rings. The number of imidazole rings is 1. The summed E-state index contributed by atoms with van der Waals surface area (Å²) in [5.74, 6) is 0. The monoisotopic (exact) mass is 333 g/mol. The molecular formula is C18H19N7. The lowest BCUT2D eigenvalue weighted by Crippen LogP contribution is -2.38. The highest BCUT2D eigenvalue weighted by Gasteiger charge is 2.22. The van der Waals surface area contributed by atoms with Crippen LogP contribution in [0.3, 0.4) is 0 Å². The number of rotatable bonds is 4. The van der Waals surface area contributed by atoms with E-state index in [2.05, 4.69) is 49.9 Å². The van der Waals surface area contributed by atoms with Gasteiger partial charge in [0.15, 0.2) is 0 Å². The number of fused-ring (bicyclic) bond motifs is 3. The van der Waals surface area contributed by atoms with E-state index >= 15 is 0 Å². The Kier molecular flexibility index (Phi) is 3.38. The van der Waals surface area contributed by atoms with Gasteiger partial charge in [0.25, 0.3) is 0 Å². The molecule has 1 aliphatic heterocycles. The van der Waals surface area contributed by atoms with Gasteiger partial charge in [0.2, 0.25) is 0 Å². The summed E-state index contributed by atoms with van der Waals surface area (Å²) in [6.45, 7) is 2.38. The van der Waals surface area contributed by atoms with E-state index in [0.29, 0.717) is 12.6 Å². The molecule has 126 valence electrons. The van der Waals surface area contributed by atoms with Crippen LogP contribution in [0.25, 0.3) is 10.9 Å². The highest BCUT2D eigenvalue weighted by molar-refractivity contribution is 5.84. The van der Waals surface area contributed by atoms with Crippen LogP contribution in [0.1, 0.15) is 17.0 Å². The lowest BCUT2D eigenvalue weighted by molar-refractivity contribution is 0.398. The molecule has 0 spiro atoms. The van der Waals surface area contributed by atoms with Crippen molar-refractivity contribution in [2.45, 2.75) is 32.1 Å². The lowest BCUT2D eigenvalue weighted by Gasteiger charge is -2.24. The number of aromatic nitrogens is 6. The van der Waals surface area contributed by atoms with Crippen molar-refractivity contribution in [1.82, 2.24) is 34.8 Å². The minimum absolute atomic E-state index is 0.356. The molecule has 0 aliphatic carbocycles. The maximum Gasteiger partial charge on any atom is 0.102 e. The number of hydrogen-bond donors (Lipinski definition) is 2. The largest absolute Gasteiger partial charge is 0.357 e. The van der Waals surface area contributed by atoms with E-state index in [1.165, 1.54) is 22.2 Å². The second kappa shape index (κ2) is 5.86. The quantitative estimate of drug-likeness (QED) is 0.596. The molecule has 3 aromatic heterocycles. The van der Waals surface area contributed by atoms with Gasteiger partial charge >= 0.3 is 0 Å². The van der Waals surface area contributed by atoms with Crippen molar-refractivity contribution in [3.05, 3.63) is 66.1 Å². The third-order valence-electron chi connectivity index (χ3n) is 4.82. The first-order valence-corrected chi connectivity index (χ1v) is 8.52. The summed E-state index contributed by atoms with van der Waals surface area (Å²) in [6.07, 6.45) is 8.51. The average molecular weight is 333 g/mol. The summed E-state index contributed by atoms with van der Waals surface area (Å²) in [5, 5.41) is 13.5. The second-order valence-corrected chi connectivity index (χ2v) is 6.58. The Bertz CT molecular complexity index is 996. The Morgan fingerprint density at radius 3 is 3.12 bits per heavy atom. The van der Waals surface area contributed by atoms with Crippen molar-refractivity contribution in [2.75, 3.05) is 0 Å². The molecule has 0 bridgehead atoms. The molecule has 5 rings (SSSR count). The molecule has 25 heavy (non-hydrogen) atoms. The van der Waals surface area contributed by atoms with Gasteiger partial charge in [0, 0.05) is 41.6 Å². The summed E-state index contributed by atoms with van der Waals surface area (Å²) in [5.41, 5.74) is 4.90. The van der Waals surface area contributed by atoms with E-state index in [9.17, 15) is 0 Å². The van der Waals surface area contributed by atoms with Crippen molar-refractivity contribution in [1.29, 1.82) is 0 Å². The van der Waals surface area contributed by atoms with Crippen molar-refractivity contribution in [2.24, 2.45) is 0 Å². The van der Waals surface area contributed by atoms with Gasteiger partial charge in [-0.25, -0.2) is 4.98 Å². The van der Waals surface area contributed by atoms with Gasteiger partial charge in [-0.05, 0) is 18.1 Å². The number of aromatic amines is 1. The van der Waals surface area contributed by atoms with Gasteiger partial charge in [-0.2, -0.15) is 0 Å². The first kappa shape index (κ1) is 14.4. The van der Waals surface area contributed by atoms with E-state index in [0.717, 1.165) is 25.2 Å². The molecule has 0 saturated heterocycles. The Morgan fingerprint density at radius 2 is 2.20 bits per heavy atom. The van der Waals surface area contributed by atoms with Crippen LogP contribution in [-0.2, 0) is 26.1 Å². The van der Waals surface area contributed by atoms with E-state index in [4.69, 9.17) is 0 Å². The fourth-order valence-corrected chi connectivity index (χ4v) is 3.63. The van der Waals surface area contributed by atoms with Gasteiger partial charge in [-0.1, -0.05) is 23.4 Å². The van der Waals surface area contributed by atoms with Gasteiger partial charge in [0.05, 0.1) is 25.6 Å². The summed E-state index contributed by atoms with van der Waals surface area (Å²) in [4.78, 5) is 7.58. The topological polar surface area (TPSA) is 76.3 Å². The van der Waals surface area contributed by atoms with E-state index in [-0.39, 0.29) is 0 Å². The fraction of sp³-hybridized carbons (Fsp3) is 0.278. The van der Waals surface area contributed by atoms with Crippen molar-refractivity contribution >= 4 is 10.9 Å². The molecule has 0 fully saturated rings. The summed E-state index contributed by atoms with van der Waals surface area (Å²) in [6, 6.07) is 8.88. The predicted molar refractivity (Wildman–Crippen MR) is 94.0 cm³/mol. The smallest absolute Gasteiger partial charge is 0.102 e.